The first-order chi connectivity index (χ1) is 9.25. The molecule has 3 aromatic rings. The molecule has 0 aliphatic carbocycles. The summed E-state index contributed by atoms with van der Waals surface area (Å²) in [6.07, 6.45) is 1.73. The topological polar surface area (TPSA) is 48.1 Å². The Morgan fingerprint density at radius 1 is 1.26 bits per heavy atom. The number of nitrogens with two attached hydrogens (primary N) is 1. The normalized spacial score (nSPS) is 10.8. The molecule has 0 fully saturated rings. The molecule has 0 saturated heterocycles. The second kappa shape index (κ2) is 5.19. The number of halogens is 1. The molecule has 0 saturated carbocycles. The van der Waals surface area contributed by atoms with Gasteiger partial charge in [-0.2, -0.15) is 0 Å². The molecule has 3 rings (SSSR count). The van der Waals surface area contributed by atoms with Crippen LogP contribution < -0.4 is 10.5 Å². The monoisotopic (exact) mass is 334 g/mol. The number of benzene rings is 1. The maximum atomic E-state index is 5.92. The van der Waals surface area contributed by atoms with Crippen LogP contribution in [0.3, 0.4) is 0 Å². The summed E-state index contributed by atoms with van der Waals surface area (Å²) < 4.78 is 6.96. The number of hydrogen-bond donors (Lipinski definition) is 1. The number of nitrogen functional groups attached to an aromatic ring is 1. The molecule has 0 unspecified atom stereocenters. The van der Waals surface area contributed by atoms with Gasteiger partial charge >= 0.3 is 0 Å². The summed E-state index contributed by atoms with van der Waals surface area (Å²) in [6, 6.07) is 9.59. The number of ether oxygens (including phenoxy) is 1. The summed E-state index contributed by atoms with van der Waals surface area (Å²) in [5.41, 5.74) is 7.37. The zero-order valence-electron chi connectivity index (χ0n) is 9.97. The average Bonchev–Trinajstić information content (AvgIpc) is 2.84. The van der Waals surface area contributed by atoms with Gasteiger partial charge < -0.3 is 10.5 Å². The number of anilines is 1. The molecule has 0 aliphatic rings. The molecule has 0 bridgehead atoms. The number of aromatic nitrogens is 1. The van der Waals surface area contributed by atoms with Crippen LogP contribution in [0.15, 0.2) is 46.4 Å². The number of pyridine rings is 1. The van der Waals surface area contributed by atoms with E-state index >= 15 is 0 Å². The fourth-order valence-electron chi connectivity index (χ4n) is 1.87. The molecule has 0 aliphatic heterocycles. The Morgan fingerprint density at radius 3 is 2.95 bits per heavy atom. The lowest BCUT2D eigenvalue weighted by Gasteiger charge is -2.09. The zero-order chi connectivity index (χ0) is 13.2. The maximum Gasteiger partial charge on any atom is 0.129 e. The van der Waals surface area contributed by atoms with Crippen LogP contribution in [0, 0.1) is 0 Å². The SMILES string of the molecule is Nc1ccc(OCc2sccc2Br)c2cccnc12. The molecule has 0 atom stereocenters. The quantitative estimate of drug-likeness (QED) is 0.729. The van der Waals surface area contributed by atoms with E-state index < -0.39 is 0 Å². The highest BCUT2D eigenvalue weighted by Gasteiger charge is 2.07. The van der Waals surface area contributed by atoms with E-state index in [1.54, 1.807) is 17.5 Å². The molecular formula is C14H11BrN2OS. The average molecular weight is 335 g/mol. The Bertz CT molecular complexity index is 726. The van der Waals surface area contributed by atoms with Crippen molar-refractivity contribution in [2.75, 3.05) is 5.73 Å². The molecule has 96 valence electrons. The minimum atomic E-state index is 0.534. The molecule has 0 radical (unpaired) electrons. The van der Waals surface area contributed by atoms with Gasteiger partial charge in [0.15, 0.2) is 0 Å². The summed E-state index contributed by atoms with van der Waals surface area (Å²) in [6.45, 7) is 0.534. The molecule has 0 spiro atoms. The predicted octanol–water partition coefficient (Wildman–Crippen LogP) is 4.22. The Hall–Kier alpha value is -1.59. The lowest BCUT2D eigenvalue weighted by Crippen LogP contribution is -1.96. The van der Waals surface area contributed by atoms with Crippen LogP contribution in [0.1, 0.15) is 4.88 Å². The Kier molecular flexibility index (Phi) is 3.40. The van der Waals surface area contributed by atoms with Gasteiger partial charge in [0.25, 0.3) is 0 Å². The van der Waals surface area contributed by atoms with Crippen molar-refractivity contribution in [1.29, 1.82) is 0 Å². The maximum absolute atomic E-state index is 5.92. The molecule has 1 aromatic carbocycles. The van der Waals surface area contributed by atoms with E-state index in [-0.39, 0.29) is 0 Å². The molecule has 2 heterocycles. The lowest BCUT2D eigenvalue weighted by molar-refractivity contribution is 0.313. The summed E-state index contributed by atoms with van der Waals surface area (Å²) in [7, 11) is 0. The minimum absolute atomic E-state index is 0.534. The van der Waals surface area contributed by atoms with Gasteiger partial charge in [0.2, 0.25) is 0 Å². The molecule has 3 nitrogen and oxygen atoms in total. The predicted molar refractivity (Wildman–Crippen MR) is 82.5 cm³/mol. The van der Waals surface area contributed by atoms with Crippen molar-refractivity contribution in [3.8, 4) is 5.75 Å². The van der Waals surface area contributed by atoms with Gasteiger partial charge in [-0.1, -0.05) is 0 Å². The van der Waals surface area contributed by atoms with Gasteiger partial charge in [-0.05, 0) is 51.6 Å². The van der Waals surface area contributed by atoms with E-state index in [0.717, 1.165) is 26.0 Å². The lowest BCUT2D eigenvalue weighted by atomic mass is 10.2. The Morgan fingerprint density at radius 2 is 2.16 bits per heavy atom. The summed E-state index contributed by atoms with van der Waals surface area (Å²) in [5, 5.41) is 2.97. The van der Waals surface area contributed by atoms with Crippen LogP contribution in [-0.2, 0) is 6.61 Å². The molecule has 2 aromatic heterocycles. The van der Waals surface area contributed by atoms with Crippen LogP contribution >= 0.6 is 27.3 Å². The van der Waals surface area contributed by atoms with Crippen molar-refractivity contribution in [3.63, 3.8) is 0 Å². The van der Waals surface area contributed by atoms with Gasteiger partial charge in [-0.25, -0.2) is 0 Å². The molecule has 19 heavy (non-hydrogen) atoms. The van der Waals surface area contributed by atoms with Crippen molar-refractivity contribution >= 4 is 43.9 Å². The van der Waals surface area contributed by atoms with Crippen molar-refractivity contribution < 1.29 is 4.74 Å². The van der Waals surface area contributed by atoms with Crippen molar-refractivity contribution in [3.05, 3.63) is 51.3 Å². The second-order valence-electron chi connectivity index (χ2n) is 4.03. The minimum Gasteiger partial charge on any atom is -0.487 e. The van der Waals surface area contributed by atoms with Gasteiger partial charge in [0, 0.05) is 16.1 Å². The fourth-order valence-corrected chi connectivity index (χ4v) is 3.24. The number of rotatable bonds is 3. The largest absolute Gasteiger partial charge is 0.487 e. The third kappa shape index (κ3) is 2.43. The Balaban J connectivity index is 1.93. The first-order valence-corrected chi connectivity index (χ1v) is 7.41. The number of fused-ring (bicyclic) bond motifs is 1. The van der Waals surface area contributed by atoms with Crippen LogP contribution in [-0.4, -0.2) is 4.98 Å². The summed E-state index contributed by atoms with van der Waals surface area (Å²) >= 11 is 5.16. The van der Waals surface area contributed by atoms with E-state index in [4.69, 9.17) is 10.5 Å². The standard InChI is InChI=1S/C14H11BrN2OS/c15-10-5-7-19-13(10)8-18-12-4-3-11(16)14-9(12)2-1-6-17-14/h1-7H,8,16H2. The van der Waals surface area contributed by atoms with Gasteiger partial charge in [0.1, 0.15) is 12.4 Å². The van der Waals surface area contributed by atoms with Crippen LogP contribution in [0.25, 0.3) is 10.9 Å². The van der Waals surface area contributed by atoms with Crippen molar-refractivity contribution in [2.24, 2.45) is 0 Å². The van der Waals surface area contributed by atoms with Crippen LogP contribution in [0.2, 0.25) is 0 Å². The molecular weight excluding hydrogens is 324 g/mol. The third-order valence-electron chi connectivity index (χ3n) is 2.81. The summed E-state index contributed by atoms with van der Waals surface area (Å²) in [4.78, 5) is 5.45. The van der Waals surface area contributed by atoms with Gasteiger partial charge in [0.05, 0.1) is 16.1 Å². The smallest absolute Gasteiger partial charge is 0.129 e. The van der Waals surface area contributed by atoms with E-state index in [1.165, 1.54) is 0 Å². The van der Waals surface area contributed by atoms with E-state index in [1.807, 2.05) is 35.7 Å². The van der Waals surface area contributed by atoms with E-state index in [2.05, 4.69) is 20.9 Å². The number of nitrogens with zero attached hydrogens (tertiary/aromatic N) is 1. The van der Waals surface area contributed by atoms with E-state index in [9.17, 15) is 0 Å². The van der Waals surface area contributed by atoms with Gasteiger partial charge in [-0.15, -0.1) is 11.3 Å². The van der Waals surface area contributed by atoms with Crippen molar-refractivity contribution in [2.45, 2.75) is 6.61 Å². The molecule has 5 heteroatoms. The first-order valence-electron chi connectivity index (χ1n) is 5.73. The van der Waals surface area contributed by atoms with Gasteiger partial charge in [-0.3, -0.25) is 4.98 Å². The van der Waals surface area contributed by atoms with Crippen LogP contribution in [0.4, 0.5) is 5.69 Å². The van der Waals surface area contributed by atoms with E-state index in [0.29, 0.717) is 12.3 Å². The highest BCUT2D eigenvalue weighted by atomic mass is 79.9. The zero-order valence-corrected chi connectivity index (χ0v) is 12.4. The summed E-state index contributed by atoms with van der Waals surface area (Å²) in [5.74, 6) is 0.803. The van der Waals surface area contributed by atoms with Crippen LogP contribution in [0.5, 0.6) is 5.75 Å². The third-order valence-corrected chi connectivity index (χ3v) is 4.71. The second-order valence-corrected chi connectivity index (χ2v) is 5.89. The molecule has 2 N–H and O–H groups in total. The number of thiophene rings is 1. The Labute approximate surface area is 123 Å². The molecule has 0 amide bonds. The fraction of sp³-hybridized carbons (Fsp3) is 0.0714. The first kappa shape index (κ1) is 12.4. The highest BCUT2D eigenvalue weighted by molar-refractivity contribution is 9.10. The number of hydrogen-bond acceptors (Lipinski definition) is 4. The van der Waals surface area contributed by atoms with Crippen molar-refractivity contribution in [1.82, 2.24) is 4.98 Å². The highest BCUT2D eigenvalue weighted by Crippen LogP contribution is 2.30.